The summed E-state index contributed by atoms with van der Waals surface area (Å²) in [6, 6.07) is 9.34. The zero-order valence-electron chi connectivity index (χ0n) is 21.2. The number of hydrogen-bond donors (Lipinski definition) is 2. The normalized spacial score (nSPS) is 16.4. The van der Waals surface area contributed by atoms with Crippen molar-refractivity contribution >= 4 is 28.4 Å². The second-order valence-corrected chi connectivity index (χ2v) is 10.2. The minimum Gasteiger partial charge on any atom is -0.497 e. The Bertz CT molecular complexity index is 1280. The first-order chi connectivity index (χ1) is 18.3. The van der Waals surface area contributed by atoms with Crippen molar-refractivity contribution in [2.75, 3.05) is 26.7 Å². The van der Waals surface area contributed by atoms with Gasteiger partial charge in [0.2, 0.25) is 5.91 Å². The number of piperidine rings is 1. The maximum Gasteiger partial charge on any atom is 0.249 e. The summed E-state index contributed by atoms with van der Waals surface area (Å²) in [6.07, 6.45) is 2.10. The number of nitrogens with zero attached hydrogens (tertiary/aromatic N) is 2. The molecule has 1 aliphatic heterocycles. The fourth-order valence-electron chi connectivity index (χ4n) is 5.31. The summed E-state index contributed by atoms with van der Waals surface area (Å²) in [7, 11) is 1.52. The maximum atomic E-state index is 15.7. The second-order valence-electron chi connectivity index (χ2n) is 9.79. The van der Waals surface area contributed by atoms with E-state index in [-0.39, 0.29) is 17.9 Å². The number of hydroxylamine groups is 1. The molecule has 6 nitrogen and oxygen atoms in total. The third-order valence-corrected chi connectivity index (χ3v) is 7.91. The van der Waals surface area contributed by atoms with E-state index in [2.05, 4.69) is 9.88 Å². The van der Waals surface area contributed by atoms with Crippen molar-refractivity contribution in [2.24, 2.45) is 5.41 Å². The van der Waals surface area contributed by atoms with Crippen LogP contribution in [0, 0.1) is 17.0 Å². The number of amides is 1. The number of carbonyl (C=O) groups is 1. The lowest BCUT2D eigenvalue weighted by Crippen LogP contribution is -2.48. The van der Waals surface area contributed by atoms with E-state index < -0.39 is 29.1 Å². The average Bonchev–Trinajstić information content (AvgIpc) is 2.93. The summed E-state index contributed by atoms with van der Waals surface area (Å²) in [5, 5.41) is 10.2. The van der Waals surface area contributed by atoms with Gasteiger partial charge in [0.05, 0.1) is 23.1 Å². The molecule has 0 saturated carbocycles. The molecule has 3 aromatic rings. The van der Waals surface area contributed by atoms with Crippen LogP contribution in [0.5, 0.6) is 5.75 Å². The number of halogens is 4. The van der Waals surface area contributed by atoms with Crippen molar-refractivity contribution in [1.29, 1.82) is 0 Å². The largest absolute Gasteiger partial charge is 0.497 e. The molecule has 1 aromatic heterocycles. The Labute approximate surface area is 224 Å². The Morgan fingerprint density at radius 3 is 2.74 bits per heavy atom. The number of fused-ring (bicyclic) bond motifs is 1. The number of rotatable bonds is 10. The van der Waals surface area contributed by atoms with Crippen LogP contribution in [0.4, 0.5) is 13.2 Å². The van der Waals surface area contributed by atoms with E-state index in [1.807, 2.05) is 0 Å². The molecular weight excluding hydrogens is 519 g/mol. The van der Waals surface area contributed by atoms with Gasteiger partial charge < -0.3 is 9.64 Å². The van der Waals surface area contributed by atoms with Crippen LogP contribution < -0.4 is 10.2 Å². The second kappa shape index (κ2) is 12.3. The molecule has 4 rings (SSSR count). The Morgan fingerprint density at radius 2 is 2.03 bits per heavy atom. The minimum atomic E-state index is -1.46. The standard InChI is InChI=1S/C28H31ClF3N3O3/c1-38-19-7-8-24-20(16-19)25(21(29)17-33-24)22(30)9-10-28(27(36)34-37)11-14-35(15-12-28)13-3-5-18-4-2-6-23(31)26(18)32/h2,4,6-8,16-17,22,37H,3,5,9-15H2,1H3,(H,34,36). The number of methoxy groups -OCH3 is 1. The smallest absolute Gasteiger partial charge is 0.249 e. The monoisotopic (exact) mass is 549 g/mol. The fraction of sp³-hybridized carbons (Fsp3) is 0.429. The molecule has 2 heterocycles. The number of hydrogen-bond acceptors (Lipinski definition) is 5. The van der Waals surface area contributed by atoms with Crippen molar-refractivity contribution in [2.45, 2.75) is 44.7 Å². The predicted octanol–water partition coefficient (Wildman–Crippen LogP) is 6.19. The summed E-state index contributed by atoms with van der Waals surface area (Å²) in [4.78, 5) is 19.2. The van der Waals surface area contributed by atoms with Gasteiger partial charge in [0.15, 0.2) is 11.6 Å². The first-order valence-corrected chi connectivity index (χ1v) is 13.0. The van der Waals surface area contributed by atoms with Gasteiger partial charge in [-0.3, -0.25) is 15.0 Å². The highest BCUT2D eigenvalue weighted by atomic mass is 35.5. The zero-order chi connectivity index (χ0) is 27.3. The molecular formula is C28H31ClF3N3O3. The lowest BCUT2D eigenvalue weighted by Gasteiger charge is -2.40. The van der Waals surface area contributed by atoms with Gasteiger partial charge in [-0.1, -0.05) is 23.7 Å². The van der Waals surface area contributed by atoms with E-state index in [9.17, 15) is 18.8 Å². The van der Waals surface area contributed by atoms with E-state index in [1.54, 1.807) is 29.7 Å². The molecule has 0 radical (unpaired) electrons. The number of alkyl halides is 1. The van der Waals surface area contributed by atoms with Gasteiger partial charge in [-0.2, -0.15) is 0 Å². The quantitative estimate of drug-likeness (QED) is 0.233. The molecule has 2 aromatic carbocycles. The Balaban J connectivity index is 1.40. The zero-order valence-corrected chi connectivity index (χ0v) is 21.9. The molecule has 1 atom stereocenters. The molecule has 1 aliphatic rings. The van der Waals surface area contributed by atoms with E-state index in [4.69, 9.17) is 16.3 Å². The summed E-state index contributed by atoms with van der Waals surface area (Å²) in [5.41, 5.74) is 2.07. The van der Waals surface area contributed by atoms with E-state index in [1.165, 1.54) is 19.4 Å². The maximum absolute atomic E-state index is 15.7. The van der Waals surface area contributed by atoms with Crippen LogP contribution in [0.3, 0.4) is 0 Å². The molecule has 1 unspecified atom stereocenters. The summed E-state index contributed by atoms with van der Waals surface area (Å²) in [6.45, 7) is 1.78. The molecule has 0 aliphatic carbocycles. The predicted molar refractivity (Wildman–Crippen MR) is 139 cm³/mol. The van der Waals surface area contributed by atoms with Gasteiger partial charge in [-0.25, -0.2) is 18.7 Å². The van der Waals surface area contributed by atoms with E-state index in [0.29, 0.717) is 73.1 Å². The molecule has 38 heavy (non-hydrogen) atoms. The topological polar surface area (TPSA) is 74.7 Å². The molecule has 0 spiro atoms. The average molecular weight is 550 g/mol. The Hall–Kier alpha value is -2.88. The first-order valence-electron chi connectivity index (χ1n) is 12.6. The van der Waals surface area contributed by atoms with Gasteiger partial charge in [-0.05, 0) is 88.0 Å². The highest BCUT2D eigenvalue weighted by molar-refractivity contribution is 6.32. The van der Waals surface area contributed by atoms with Crippen LogP contribution in [-0.4, -0.2) is 47.7 Å². The van der Waals surface area contributed by atoms with Crippen LogP contribution in [0.2, 0.25) is 5.02 Å². The highest BCUT2D eigenvalue weighted by Gasteiger charge is 2.41. The SMILES string of the molecule is COc1ccc2ncc(Cl)c(C(F)CCC3(C(=O)NO)CCN(CCCc4cccc(F)c4F)CC3)c2c1. The lowest BCUT2D eigenvalue weighted by molar-refractivity contribution is -0.143. The van der Waals surface area contributed by atoms with Crippen molar-refractivity contribution in [3.63, 3.8) is 0 Å². The number of aryl methyl sites for hydroxylation is 1. The minimum absolute atomic E-state index is 0.0301. The van der Waals surface area contributed by atoms with Gasteiger partial charge in [0.25, 0.3) is 0 Å². The molecule has 204 valence electrons. The Kier molecular flexibility index (Phi) is 9.12. The third-order valence-electron chi connectivity index (χ3n) is 7.61. The number of nitrogens with one attached hydrogen (secondary N) is 1. The van der Waals surface area contributed by atoms with Crippen molar-refractivity contribution in [1.82, 2.24) is 15.4 Å². The third kappa shape index (κ3) is 6.06. The molecule has 1 fully saturated rings. The van der Waals surface area contributed by atoms with Crippen molar-refractivity contribution in [3.8, 4) is 5.75 Å². The lowest BCUT2D eigenvalue weighted by atomic mass is 9.73. The molecule has 1 amide bonds. The van der Waals surface area contributed by atoms with Crippen molar-refractivity contribution in [3.05, 3.63) is 70.4 Å². The molecule has 10 heteroatoms. The summed E-state index contributed by atoms with van der Waals surface area (Å²) < 4.78 is 48.3. The van der Waals surface area contributed by atoms with Crippen LogP contribution >= 0.6 is 11.6 Å². The Morgan fingerprint density at radius 1 is 1.26 bits per heavy atom. The van der Waals surface area contributed by atoms with Crippen LogP contribution in [-0.2, 0) is 11.2 Å². The van der Waals surface area contributed by atoms with Gasteiger partial charge in [0, 0.05) is 17.1 Å². The first kappa shape index (κ1) is 28.1. The van der Waals surface area contributed by atoms with Gasteiger partial charge >= 0.3 is 0 Å². The van der Waals surface area contributed by atoms with Gasteiger partial charge in [0.1, 0.15) is 11.9 Å². The number of ether oxygens (including phenoxy) is 1. The van der Waals surface area contributed by atoms with Crippen LogP contribution in [0.15, 0.2) is 42.6 Å². The molecule has 2 N–H and O–H groups in total. The molecule has 0 bridgehead atoms. The van der Waals surface area contributed by atoms with E-state index >= 15 is 4.39 Å². The summed E-state index contributed by atoms with van der Waals surface area (Å²) in [5.74, 6) is -1.64. The summed E-state index contributed by atoms with van der Waals surface area (Å²) >= 11 is 6.36. The number of benzene rings is 2. The van der Waals surface area contributed by atoms with Crippen LogP contribution in [0.25, 0.3) is 10.9 Å². The van der Waals surface area contributed by atoms with E-state index in [0.717, 1.165) is 6.07 Å². The van der Waals surface area contributed by atoms with Gasteiger partial charge in [-0.15, -0.1) is 0 Å². The van der Waals surface area contributed by atoms with Crippen molar-refractivity contribution < 1.29 is 27.9 Å². The number of carbonyl (C=O) groups excluding carboxylic acids is 1. The fourth-order valence-corrected chi connectivity index (χ4v) is 5.58. The number of likely N-dealkylation sites (tertiary alicyclic amines) is 1. The van der Waals surface area contributed by atoms with Crippen LogP contribution in [0.1, 0.15) is 49.4 Å². The molecule has 1 saturated heterocycles. The number of pyridine rings is 1. The number of aromatic nitrogens is 1. The highest BCUT2D eigenvalue weighted by Crippen LogP contribution is 2.42.